The molecule has 0 spiro atoms. The number of aromatic nitrogens is 3. The van der Waals surface area contributed by atoms with Crippen molar-refractivity contribution in [2.75, 3.05) is 0 Å². The van der Waals surface area contributed by atoms with Gasteiger partial charge in [0.1, 0.15) is 11.4 Å². The van der Waals surface area contributed by atoms with Crippen molar-refractivity contribution in [3.63, 3.8) is 0 Å². The molecule has 0 radical (unpaired) electrons. The highest BCUT2D eigenvalue weighted by Crippen LogP contribution is 2.05. The molecule has 0 fully saturated rings. The molecule has 0 atom stereocenters. The number of carbonyl (C=O) groups is 1. The van der Waals surface area contributed by atoms with Gasteiger partial charge < -0.3 is 14.2 Å². The van der Waals surface area contributed by atoms with Crippen LogP contribution in [0.4, 0.5) is 0 Å². The first-order valence-corrected chi connectivity index (χ1v) is 5.97. The fourth-order valence-electron chi connectivity index (χ4n) is 1.93. The second-order valence-corrected chi connectivity index (χ2v) is 4.26. The predicted molar refractivity (Wildman–Crippen MR) is 69.4 cm³/mol. The highest BCUT2D eigenvalue weighted by atomic mass is 16.4. The second-order valence-electron chi connectivity index (χ2n) is 4.26. The first-order valence-electron chi connectivity index (χ1n) is 5.97. The van der Waals surface area contributed by atoms with E-state index in [-0.39, 0.29) is 5.56 Å². The van der Waals surface area contributed by atoms with E-state index >= 15 is 0 Å². The molecule has 0 saturated heterocycles. The second kappa shape index (κ2) is 5.09. The van der Waals surface area contributed by atoms with Gasteiger partial charge in [-0.25, -0.2) is 9.78 Å². The Bertz CT molecular complexity index is 670. The molecule has 1 N–H and O–H groups in total. The van der Waals surface area contributed by atoms with Crippen LogP contribution in [0.25, 0.3) is 0 Å². The summed E-state index contributed by atoms with van der Waals surface area (Å²) in [7, 11) is 0. The summed E-state index contributed by atoms with van der Waals surface area (Å²) in [6.45, 7) is 5.01. The number of aryl methyl sites for hydroxylation is 2. The van der Waals surface area contributed by atoms with Crippen LogP contribution in [0.15, 0.2) is 29.5 Å². The van der Waals surface area contributed by atoms with Crippen molar-refractivity contribution in [3.8, 4) is 0 Å². The lowest BCUT2D eigenvalue weighted by Crippen LogP contribution is -2.20. The van der Waals surface area contributed by atoms with E-state index in [0.29, 0.717) is 12.2 Å². The molecular weight excluding hydrogens is 246 g/mol. The van der Waals surface area contributed by atoms with Gasteiger partial charge in [-0.3, -0.25) is 4.79 Å². The molecule has 100 valence electrons. The van der Waals surface area contributed by atoms with Crippen molar-refractivity contribution >= 4 is 5.97 Å². The van der Waals surface area contributed by atoms with E-state index in [1.807, 2.05) is 17.7 Å². The first kappa shape index (κ1) is 13.1. The Balaban J connectivity index is 2.43. The fourth-order valence-corrected chi connectivity index (χ4v) is 1.93. The van der Waals surface area contributed by atoms with E-state index in [4.69, 9.17) is 5.11 Å². The van der Waals surface area contributed by atoms with E-state index in [9.17, 15) is 9.59 Å². The molecule has 6 nitrogen and oxygen atoms in total. The van der Waals surface area contributed by atoms with Crippen LogP contribution >= 0.6 is 0 Å². The van der Waals surface area contributed by atoms with Gasteiger partial charge in [0.15, 0.2) is 5.43 Å². The van der Waals surface area contributed by atoms with Gasteiger partial charge in [-0.1, -0.05) is 0 Å². The van der Waals surface area contributed by atoms with Crippen LogP contribution in [0, 0.1) is 6.92 Å². The minimum Gasteiger partial charge on any atom is -0.477 e. The van der Waals surface area contributed by atoms with Gasteiger partial charge in [-0.05, 0) is 13.8 Å². The van der Waals surface area contributed by atoms with Crippen molar-refractivity contribution in [2.45, 2.75) is 26.9 Å². The fraction of sp³-hybridized carbons (Fsp3) is 0.308. The van der Waals surface area contributed by atoms with Crippen LogP contribution in [0.1, 0.15) is 28.8 Å². The highest BCUT2D eigenvalue weighted by Gasteiger charge is 2.12. The van der Waals surface area contributed by atoms with E-state index in [0.717, 1.165) is 12.4 Å². The van der Waals surface area contributed by atoms with Gasteiger partial charge in [0.25, 0.3) is 0 Å². The lowest BCUT2D eigenvalue weighted by Gasteiger charge is -2.12. The molecular formula is C13H15N3O3. The Labute approximate surface area is 109 Å². The molecule has 0 aromatic carbocycles. The summed E-state index contributed by atoms with van der Waals surface area (Å²) in [6.07, 6.45) is 4.94. The molecule has 2 aromatic rings. The maximum Gasteiger partial charge on any atom is 0.341 e. The van der Waals surface area contributed by atoms with E-state index in [2.05, 4.69) is 4.98 Å². The smallest absolute Gasteiger partial charge is 0.341 e. The number of carboxylic acid groups (broad SMARTS) is 1. The molecule has 0 aliphatic heterocycles. The summed E-state index contributed by atoms with van der Waals surface area (Å²) in [6, 6.07) is 1.34. The van der Waals surface area contributed by atoms with Crippen molar-refractivity contribution < 1.29 is 9.90 Å². The molecule has 2 aromatic heterocycles. The number of aromatic carboxylic acids is 1. The third kappa shape index (κ3) is 2.57. The normalized spacial score (nSPS) is 10.6. The number of imidazole rings is 1. The van der Waals surface area contributed by atoms with E-state index in [1.54, 1.807) is 17.7 Å². The Hall–Kier alpha value is -2.37. The van der Waals surface area contributed by atoms with Crippen molar-refractivity contribution in [1.29, 1.82) is 0 Å². The van der Waals surface area contributed by atoms with Crippen LogP contribution < -0.4 is 5.43 Å². The van der Waals surface area contributed by atoms with E-state index in [1.165, 1.54) is 12.3 Å². The largest absolute Gasteiger partial charge is 0.477 e. The summed E-state index contributed by atoms with van der Waals surface area (Å²) in [5.41, 5.74) is 0.0148. The number of hydrogen-bond acceptors (Lipinski definition) is 3. The monoisotopic (exact) mass is 261 g/mol. The molecule has 0 saturated carbocycles. The number of carboxylic acids is 1. The minimum absolute atomic E-state index is 0.222. The molecule has 19 heavy (non-hydrogen) atoms. The summed E-state index contributed by atoms with van der Waals surface area (Å²) >= 11 is 0. The third-order valence-corrected chi connectivity index (χ3v) is 3.03. The number of rotatable bonds is 4. The highest BCUT2D eigenvalue weighted by molar-refractivity contribution is 5.87. The summed E-state index contributed by atoms with van der Waals surface area (Å²) in [4.78, 5) is 26.8. The van der Waals surface area contributed by atoms with Gasteiger partial charge in [0, 0.05) is 36.9 Å². The van der Waals surface area contributed by atoms with Gasteiger partial charge in [-0.15, -0.1) is 0 Å². The quantitative estimate of drug-likeness (QED) is 0.894. The van der Waals surface area contributed by atoms with Gasteiger partial charge >= 0.3 is 5.97 Å². The van der Waals surface area contributed by atoms with Gasteiger partial charge in [0.2, 0.25) is 0 Å². The van der Waals surface area contributed by atoms with Gasteiger partial charge in [-0.2, -0.15) is 0 Å². The minimum atomic E-state index is -1.21. The lowest BCUT2D eigenvalue weighted by molar-refractivity contribution is 0.0694. The zero-order valence-corrected chi connectivity index (χ0v) is 10.8. The first-order chi connectivity index (χ1) is 9.02. The predicted octanol–water partition coefficient (Wildman–Crippen LogP) is 1.12. The topological polar surface area (TPSA) is 77.1 Å². The Kier molecular flexibility index (Phi) is 3.50. The standard InChI is InChI=1S/C13H15N3O3/c1-3-15-5-4-14-12(15)8-16-7-10(13(18)19)11(17)6-9(16)2/h4-7H,3,8H2,1-2H3,(H,18,19). The van der Waals surface area contributed by atoms with Gasteiger partial charge in [0.05, 0.1) is 6.54 Å². The summed E-state index contributed by atoms with van der Waals surface area (Å²) in [5.74, 6) is -0.386. The third-order valence-electron chi connectivity index (χ3n) is 3.03. The van der Waals surface area contributed by atoms with Crippen molar-refractivity contribution in [1.82, 2.24) is 14.1 Å². The van der Waals surface area contributed by atoms with Crippen LogP contribution in [-0.2, 0) is 13.1 Å². The lowest BCUT2D eigenvalue weighted by atomic mass is 10.2. The number of nitrogens with zero attached hydrogens (tertiary/aromatic N) is 3. The molecule has 0 aliphatic rings. The molecule has 2 heterocycles. The zero-order chi connectivity index (χ0) is 14.0. The Morgan fingerprint density at radius 2 is 2.16 bits per heavy atom. The average Bonchev–Trinajstić information content (AvgIpc) is 2.79. The molecule has 0 bridgehead atoms. The van der Waals surface area contributed by atoms with Crippen LogP contribution in [-0.4, -0.2) is 25.2 Å². The van der Waals surface area contributed by atoms with Crippen LogP contribution in [0.5, 0.6) is 0 Å². The average molecular weight is 261 g/mol. The zero-order valence-electron chi connectivity index (χ0n) is 10.8. The molecule has 0 amide bonds. The molecule has 6 heteroatoms. The maximum absolute atomic E-state index is 11.5. The molecule has 0 aliphatic carbocycles. The molecule has 2 rings (SSSR count). The maximum atomic E-state index is 11.5. The molecule has 0 unspecified atom stereocenters. The Morgan fingerprint density at radius 1 is 1.42 bits per heavy atom. The summed E-state index contributed by atoms with van der Waals surface area (Å²) < 4.78 is 3.69. The van der Waals surface area contributed by atoms with Crippen molar-refractivity contribution in [2.24, 2.45) is 0 Å². The number of pyridine rings is 1. The number of hydrogen-bond donors (Lipinski definition) is 1. The van der Waals surface area contributed by atoms with Crippen LogP contribution in [0.3, 0.4) is 0 Å². The SMILES string of the molecule is CCn1ccnc1Cn1cc(C(=O)O)c(=O)cc1C. The summed E-state index contributed by atoms with van der Waals surface area (Å²) in [5, 5.41) is 8.97. The van der Waals surface area contributed by atoms with Crippen molar-refractivity contribution in [3.05, 3.63) is 52.0 Å². The van der Waals surface area contributed by atoms with Crippen LogP contribution in [0.2, 0.25) is 0 Å². The van der Waals surface area contributed by atoms with E-state index < -0.39 is 11.4 Å². The Morgan fingerprint density at radius 3 is 2.79 bits per heavy atom.